The molecule has 9 heteroatoms. The summed E-state index contributed by atoms with van der Waals surface area (Å²) < 4.78 is 4.23. The van der Waals surface area contributed by atoms with Gasteiger partial charge in [0.2, 0.25) is 0 Å². The molecule has 0 aliphatic rings. The van der Waals surface area contributed by atoms with E-state index in [9.17, 15) is 0 Å². The van der Waals surface area contributed by atoms with Crippen molar-refractivity contribution < 1.29 is 29.6 Å². The van der Waals surface area contributed by atoms with Crippen molar-refractivity contribution in [3.05, 3.63) is 0 Å². The van der Waals surface area contributed by atoms with Crippen LogP contribution in [0.5, 0.6) is 0 Å². The third kappa shape index (κ3) is 12.4. The van der Waals surface area contributed by atoms with Crippen molar-refractivity contribution in [2.24, 2.45) is 5.73 Å². The molecule has 0 unspecified atom stereocenters. The maximum Gasteiger partial charge on any atom is 0.327 e. The van der Waals surface area contributed by atoms with Gasteiger partial charge in [-0.05, 0) is 0 Å². The monoisotopic (exact) mass is 265 g/mol. The van der Waals surface area contributed by atoms with Gasteiger partial charge in [0.25, 0.3) is 0 Å². The average Bonchev–Trinajstić information content (AvgIpc) is 2.26. The van der Waals surface area contributed by atoms with Crippen LogP contribution in [0, 0.1) is 0 Å². The van der Waals surface area contributed by atoms with Gasteiger partial charge in [0.05, 0.1) is 32.0 Å². The van der Waals surface area contributed by atoms with Gasteiger partial charge >= 0.3 is 8.60 Å². The second-order valence-corrected chi connectivity index (χ2v) is 3.75. The van der Waals surface area contributed by atoms with Crippen LogP contribution in [-0.4, -0.2) is 63.0 Å². The standard InChI is InChI=1S/C4H11NO3.C2H6ClO3P/c5-4(1-6,2-7)3-8;3-1-2-6-7(4)5/h6-8H,1-3,5H2;4-5H,1-2H2. The van der Waals surface area contributed by atoms with Crippen LogP contribution < -0.4 is 5.73 Å². The Labute approximate surface area is 94.1 Å². The van der Waals surface area contributed by atoms with Crippen LogP contribution in [-0.2, 0) is 4.52 Å². The number of nitrogens with two attached hydrogens (primary N) is 1. The van der Waals surface area contributed by atoms with E-state index in [4.69, 9.17) is 42.4 Å². The quantitative estimate of drug-likeness (QED) is 0.244. The zero-order chi connectivity index (χ0) is 12.3. The van der Waals surface area contributed by atoms with Gasteiger partial charge in [-0.15, -0.1) is 11.6 Å². The average molecular weight is 266 g/mol. The van der Waals surface area contributed by atoms with Gasteiger partial charge in [0.1, 0.15) is 0 Å². The Morgan fingerprint density at radius 2 is 1.53 bits per heavy atom. The largest absolute Gasteiger partial charge is 0.394 e. The molecule has 0 aliphatic carbocycles. The summed E-state index contributed by atoms with van der Waals surface area (Å²) in [5, 5.41) is 25.0. The molecule has 0 atom stereocenters. The molecule has 0 amide bonds. The summed E-state index contributed by atoms with van der Waals surface area (Å²) in [6.45, 7) is -1.01. The molecule has 0 aromatic carbocycles. The zero-order valence-electron chi connectivity index (χ0n) is 8.08. The van der Waals surface area contributed by atoms with E-state index in [0.717, 1.165) is 0 Å². The predicted molar refractivity (Wildman–Crippen MR) is 56.2 cm³/mol. The Morgan fingerprint density at radius 3 is 1.60 bits per heavy atom. The van der Waals surface area contributed by atoms with Crippen LogP contribution in [0.1, 0.15) is 0 Å². The lowest BCUT2D eigenvalue weighted by Gasteiger charge is -2.20. The van der Waals surface area contributed by atoms with Gasteiger partial charge in [-0.3, -0.25) is 0 Å². The van der Waals surface area contributed by atoms with E-state index < -0.39 is 34.0 Å². The summed E-state index contributed by atoms with van der Waals surface area (Å²) in [6.07, 6.45) is 0. The first-order chi connectivity index (χ1) is 6.95. The smallest absolute Gasteiger partial charge is 0.327 e. The highest BCUT2D eigenvalue weighted by Crippen LogP contribution is 2.23. The molecule has 0 spiro atoms. The van der Waals surface area contributed by atoms with Gasteiger partial charge in [-0.2, -0.15) is 0 Å². The molecule has 0 saturated carbocycles. The molecule has 0 radical (unpaired) electrons. The van der Waals surface area contributed by atoms with E-state index in [1.54, 1.807) is 0 Å². The van der Waals surface area contributed by atoms with Gasteiger partial charge in [0.15, 0.2) is 0 Å². The van der Waals surface area contributed by atoms with Crippen LogP contribution in [0.3, 0.4) is 0 Å². The minimum absolute atomic E-state index is 0.195. The van der Waals surface area contributed by atoms with E-state index >= 15 is 0 Å². The maximum atomic E-state index is 8.34. The molecule has 0 bridgehead atoms. The molecule has 0 saturated heterocycles. The first-order valence-corrected chi connectivity index (χ1v) is 5.64. The number of halogens is 1. The van der Waals surface area contributed by atoms with Crippen LogP contribution in [0.2, 0.25) is 0 Å². The Balaban J connectivity index is 0. The number of hydrogen-bond donors (Lipinski definition) is 6. The van der Waals surface area contributed by atoms with Crippen molar-refractivity contribution >= 4 is 20.2 Å². The fourth-order valence-electron chi connectivity index (χ4n) is 0.266. The molecule has 0 aromatic heterocycles. The molecule has 0 heterocycles. The normalized spacial score (nSPS) is 11.2. The van der Waals surface area contributed by atoms with E-state index in [1.807, 2.05) is 0 Å². The van der Waals surface area contributed by atoms with E-state index in [0.29, 0.717) is 5.88 Å². The predicted octanol–water partition coefficient (Wildman–Crippen LogP) is -1.89. The molecule has 0 fully saturated rings. The fraction of sp³-hybridized carbons (Fsp3) is 1.00. The molecule has 0 aliphatic heterocycles. The van der Waals surface area contributed by atoms with Gasteiger partial charge in [0, 0.05) is 5.88 Å². The molecule has 7 nitrogen and oxygen atoms in total. The number of rotatable bonds is 6. The van der Waals surface area contributed by atoms with Crippen LogP contribution >= 0.6 is 20.2 Å². The summed E-state index contributed by atoms with van der Waals surface area (Å²) in [7, 11) is -2.19. The van der Waals surface area contributed by atoms with Crippen molar-refractivity contribution in [2.75, 3.05) is 32.3 Å². The summed E-state index contributed by atoms with van der Waals surface area (Å²) in [5.41, 5.74) is 3.94. The fourth-order valence-corrected chi connectivity index (χ4v) is 0.705. The van der Waals surface area contributed by atoms with Crippen molar-refractivity contribution in [1.82, 2.24) is 0 Å². The van der Waals surface area contributed by atoms with Crippen LogP contribution in [0.4, 0.5) is 0 Å². The molecular formula is C6H17ClNO6P. The lowest BCUT2D eigenvalue weighted by Crippen LogP contribution is -2.50. The molecule has 7 N–H and O–H groups in total. The highest BCUT2D eigenvalue weighted by atomic mass is 35.5. The number of aliphatic hydroxyl groups is 3. The number of aliphatic hydroxyl groups excluding tert-OH is 3. The molecular weight excluding hydrogens is 248 g/mol. The lowest BCUT2D eigenvalue weighted by atomic mass is 10.1. The second-order valence-electron chi connectivity index (χ2n) is 2.61. The van der Waals surface area contributed by atoms with Crippen LogP contribution in [0.15, 0.2) is 0 Å². The van der Waals surface area contributed by atoms with Crippen molar-refractivity contribution in [3.8, 4) is 0 Å². The van der Waals surface area contributed by atoms with Crippen molar-refractivity contribution in [2.45, 2.75) is 5.54 Å². The summed E-state index contributed by atoms with van der Waals surface area (Å²) in [4.78, 5) is 16.0. The van der Waals surface area contributed by atoms with Gasteiger partial charge in [-0.25, -0.2) is 0 Å². The lowest BCUT2D eigenvalue weighted by molar-refractivity contribution is 0.0697. The van der Waals surface area contributed by atoms with Crippen molar-refractivity contribution in [1.29, 1.82) is 0 Å². The maximum absolute atomic E-state index is 8.34. The van der Waals surface area contributed by atoms with Crippen LogP contribution in [0.25, 0.3) is 0 Å². The topological polar surface area (TPSA) is 136 Å². The molecule has 0 aromatic rings. The van der Waals surface area contributed by atoms with Crippen molar-refractivity contribution in [3.63, 3.8) is 0 Å². The molecule has 0 rings (SSSR count). The highest BCUT2D eigenvalue weighted by molar-refractivity contribution is 7.39. The zero-order valence-corrected chi connectivity index (χ0v) is 9.73. The second kappa shape index (κ2) is 10.9. The molecule has 94 valence electrons. The highest BCUT2D eigenvalue weighted by Gasteiger charge is 2.20. The minimum atomic E-state index is -2.19. The first-order valence-electron chi connectivity index (χ1n) is 3.94. The Hall–Kier alpha value is 0.440. The molecule has 15 heavy (non-hydrogen) atoms. The third-order valence-electron chi connectivity index (χ3n) is 1.23. The summed E-state index contributed by atoms with van der Waals surface area (Å²) in [5.74, 6) is 0.292. The third-order valence-corrected chi connectivity index (χ3v) is 1.80. The first kappa shape index (κ1) is 17.8. The van der Waals surface area contributed by atoms with E-state index in [2.05, 4.69) is 4.52 Å². The van der Waals surface area contributed by atoms with Gasteiger partial charge < -0.3 is 35.4 Å². The minimum Gasteiger partial charge on any atom is -0.394 e. The summed E-state index contributed by atoms with van der Waals surface area (Å²) >= 11 is 5.11. The number of hydrogen-bond acceptors (Lipinski definition) is 7. The Kier molecular flexibility index (Phi) is 13.0. The number of alkyl halides is 1. The SMILES string of the molecule is NC(CO)(CO)CO.OP(O)OCCCl. The van der Waals surface area contributed by atoms with E-state index in [1.165, 1.54) is 0 Å². The van der Waals surface area contributed by atoms with Gasteiger partial charge in [-0.1, -0.05) is 0 Å². The van der Waals surface area contributed by atoms with E-state index in [-0.39, 0.29) is 6.61 Å². The summed E-state index contributed by atoms with van der Waals surface area (Å²) in [6, 6.07) is 0. The Morgan fingerprint density at radius 1 is 1.13 bits per heavy atom. The Bertz CT molecular complexity index is 129.